The Morgan fingerprint density at radius 2 is 2.00 bits per heavy atom. The molecule has 0 aliphatic heterocycles. The summed E-state index contributed by atoms with van der Waals surface area (Å²) in [4.78, 5) is 23.7. The summed E-state index contributed by atoms with van der Waals surface area (Å²) >= 11 is 0. The molecule has 76 valence electrons. The van der Waals surface area contributed by atoms with Crippen LogP contribution in [0.1, 0.15) is 35.7 Å². The summed E-state index contributed by atoms with van der Waals surface area (Å²) in [6, 6.07) is 7.65. The molecule has 1 saturated carbocycles. The van der Waals surface area contributed by atoms with Crippen molar-refractivity contribution in [2.75, 3.05) is 0 Å². The largest absolute Gasteiger partial charge is 0.299 e. The molecule has 2 bridgehead atoms. The van der Waals surface area contributed by atoms with Gasteiger partial charge in [-0.15, -0.1) is 0 Å². The van der Waals surface area contributed by atoms with Gasteiger partial charge in [-0.25, -0.2) is 0 Å². The van der Waals surface area contributed by atoms with Gasteiger partial charge in [-0.3, -0.25) is 9.59 Å². The van der Waals surface area contributed by atoms with E-state index in [-0.39, 0.29) is 22.9 Å². The average Bonchev–Trinajstić information content (AvgIpc) is 2.51. The molecule has 0 aromatic heterocycles. The molecule has 1 aromatic rings. The van der Waals surface area contributed by atoms with Crippen LogP contribution in [0.25, 0.3) is 0 Å². The highest BCUT2D eigenvalue weighted by atomic mass is 16.2. The smallest absolute Gasteiger partial charge is 0.173 e. The van der Waals surface area contributed by atoms with Crippen molar-refractivity contribution >= 4 is 11.6 Å². The number of fused-ring (bicyclic) bond motifs is 4. The van der Waals surface area contributed by atoms with Gasteiger partial charge in [-0.1, -0.05) is 31.2 Å². The lowest BCUT2D eigenvalue weighted by molar-refractivity contribution is -0.119. The first kappa shape index (κ1) is 8.84. The number of Topliss-reactive ketones (excluding diaryl/α,β-unsaturated/α-hetero) is 2. The van der Waals surface area contributed by atoms with E-state index in [0.29, 0.717) is 12.8 Å². The molecule has 1 fully saturated rings. The summed E-state index contributed by atoms with van der Waals surface area (Å²) in [6.07, 6.45) is 1.24. The van der Waals surface area contributed by atoms with Gasteiger partial charge in [0.25, 0.3) is 0 Å². The molecule has 3 rings (SSSR count). The minimum Gasteiger partial charge on any atom is -0.299 e. The van der Waals surface area contributed by atoms with Gasteiger partial charge in [0.15, 0.2) is 5.78 Å². The Morgan fingerprint density at radius 1 is 1.27 bits per heavy atom. The second-order valence-corrected chi connectivity index (χ2v) is 4.87. The van der Waals surface area contributed by atoms with Crippen molar-refractivity contribution < 1.29 is 9.59 Å². The SMILES string of the molecule is CC12CC(=O)C(C1)C(=O)c1ccccc12. The van der Waals surface area contributed by atoms with Crippen LogP contribution in [0.5, 0.6) is 0 Å². The maximum atomic E-state index is 12.0. The molecule has 2 nitrogen and oxygen atoms in total. The third-order valence-electron chi connectivity index (χ3n) is 3.77. The molecule has 2 aliphatic carbocycles. The zero-order valence-electron chi connectivity index (χ0n) is 8.62. The maximum Gasteiger partial charge on any atom is 0.173 e. The molecule has 0 spiro atoms. The Kier molecular flexibility index (Phi) is 1.51. The van der Waals surface area contributed by atoms with Crippen molar-refractivity contribution in [1.29, 1.82) is 0 Å². The molecule has 0 N–H and O–H groups in total. The number of benzene rings is 1. The van der Waals surface area contributed by atoms with Crippen molar-refractivity contribution in [3.8, 4) is 0 Å². The molecule has 0 amide bonds. The van der Waals surface area contributed by atoms with Crippen molar-refractivity contribution in [3.05, 3.63) is 35.4 Å². The van der Waals surface area contributed by atoms with Gasteiger partial charge < -0.3 is 0 Å². The van der Waals surface area contributed by atoms with Crippen molar-refractivity contribution in [2.24, 2.45) is 5.92 Å². The summed E-state index contributed by atoms with van der Waals surface area (Å²) < 4.78 is 0. The highest BCUT2D eigenvalue weighted by Gasteiger charge is 2.51. The van der Waals surface area contributed by atoms with Gasteiger partial charge in [-0.2, -0.15) is 0 Å². The number of hydrogen-bond donors (Lipinski definition) is 0. The number of carbonyl (C=O) groups excluding carboxylic acids is 2. The zero-order valence-corrected chi connectivity index (χ0v) is 8.62. The second kappa shape index (κ2) is 2.57. The van der Waals surface area contributed by atoms with Crippen molar-refractivity contribution in [2.45, 2.75) is 25.2 Å². The highest BCUT2D eigenvalue weighted by molar-refractivity contribution is 6.15. The van der Waals surface area contributed by atoms with Gasteiger partial charge >= 0.3 is 0 Å². The fraction of sp³-hybridized carbons (Fsp3) is 0.385. The average molecular weight is 200 g/mol. The van der Waals surface area contributed by atoms with Crippen molar-refractivity contribution in [1.82, 2.24) is 0 Å². The molecule has 2 unspecified atom stereocenters. The Morgan fingerprint density at radius 3 is 2.80 bits per heavy atom. The summed E-state index contributed by atoms with van der Waals surface area (Å²) in [7, 11) is 0. The molecule has 2 aliphatic rings. The van der Waals surface area contributed by atoms with E-state index in [9.17, 15) is 9.59 Å². The fourth-order valence-corrected chi connectivity index (χ4v) is 3.00. The van der Waals surface area contributed by atoms with Crippen LogP contribution in [-0.4, -0.2) is 11.6 Å². The molecule has 0 radical (unpaired) electrons. The van der Waals surface area contributed by atoms with E-state index >= 15 is 0 Å². The lowest BCUT2D eigenvalue weighted by Crippen LogP contribution is -2.29. The van der Waals surface area contributed by atoms with E-state index in [2.05, 4.69) is 6.92 Å². The third-order valence-corrected chi connectivity index (χ3v) is 3.77. The maximum absolute atomic E-state index is 12.0. The van der Waals surface area contributed by atoms with E-state index < -0.39 is 0 Å². The topological polar surface area (TPSA) is 34.1 Å². The van der Waals surface area contributed by atoms with Crippen LogP contribution in [0.3, 0.4) is 0 Å². The molecule has 2 atom stereocenters. The fourth-order valence-electron chi connectivity index (χ4n) is 3.00. The zero-order chi connectivity index (χ0) is 10.6. The van der Waals surface area contributed by atoms with Crippen LogP contribution in [0.2, 0.25) is 0 Å². The minimum atomic E-state index is -0.357. The van der Waals surface area contributed by atoms with E-state index in [1.807, 2.05) is 24.3 Å². The van der Waals surface area contributed by atoms with Gasteiger partial charge in [0.1, 0.15) is 5.78 Å². The van der Waals surface area contributed by atoms with Crippen LogP contribution in [0.15, 0.2) is 24.3 Å². The van der Waals surface area contributed by atoms with Gasteiger partial charge in [0, 0.05) is 17.4 Å². The second-order valence-electron chi connectivity index (χ2n) is 4.87. The Hall–Kier alpha value is -1.44. The van der Waals surface area contributed by atoms with Crippen LogP contribution in [0, 0.1) is 5.92 Å². The summed E-state index contributed by atoms with van der Waals surface area (Å²) in [6.45, 7) is 2.09. The van der Waals surface area contributed by atoms with Crippen LogP contribution >= 0.6 is 0 Å². The lowest BCUT2D eigenvalue weighted by atomic mass is 9.72. The van der Waals surface area contributed by atoms with Gasteiger partial charge in [-0.05, 0) is 12.0 Å². The molecule has 0 saturated heterocycles. The monoisotopic (exact) mass is 200 g/mol. The Balaban J connectivity index is 2.29. The predicted molar refractivity (Wildman–Crippen MR) is 55.9 cm³/mol. The number of ketones is 2. The van der Waals surface area contributed by atoms with Crippen molar-refractivity contribution in [3.63, 3.8) is 0 Å². The predicted octanol–water partition coefficient (Wildman–Crippen LogP) is 2.12. The summed E-state index contributed by atoms with van der Waals surface area (Å²) in [5.41, 5.74) is 1.74. The molecule has 2 heteroatoms. The first-order valence-corrected chi connectivity index (χ1v) is 5.28. The first-order valence-electron chi connectivity index (χ1n) is 5.28. The van der Waals surface area contributed by atoms with E-state index in [0.717, 1.165) is 11.1 Å². The summed E-state index contributed by atoms with van der Waals surface area (Å²) in [5.74, 6) is -0.200. The number of hydrogen-bond acceptors (Lipinski definition) is 2. The molecule has 0 heterocycles. The number of rotatable bonds is 0. The Bertz CT molecular complexity index is 475. The highest BCUT2D eigenvalue weighted by Crippen LogP contribution is 2.48. The normalized spacial score (nSPS) is 33.0. The molecule has 15 heavy (non-hydrogen) atoms. The molecular formula is C13H12O2. The number of carbonyl (C=O) groups is 2. The Labute approximate surface area is 88.3 Å². The summed E-state index contributed by atoms with van der Waals surface area (Å²) in [5, 5.41) is 0. The third kappa shape index (κ3) is 0.993. The first-order chi connectivity index (χ1) is 7.12. The minimum absolute atomic E-state index is 0.0329. The van der Waals surface area contributed by atoms with Gasteiger partial charge in [0.05, 0.1) is 5.92 Å². The molecular weight excluding hydrogens is 188 g/mol. The quantitative estimate of drug-likeness (QED) is 0.601. The molecule has 1 aromatic carbocycles. The lowest BCUT2D eigenvalue weighted by Gasteiger charge is -2.30. The van der Waals surface area contributed by atoms with E-state index in [1.54, 1.807) is 0 Å². The van der Waals surface area contributed by atoms with Gasteiger partial charge in [0.2, 0.25) is 0 Å². The van der Waals surface area contributed by atoms with Crippen LogP contribution in [0.4, 0.5) is 0 Å². The van der Waals surface area contributed by atoms with Crippen LogP contribution < -0.4 is 0 Å². The van der Waals surface area contributed by atoms with Crippen LogP contribution in [-0.2, 0) is 10.2 Å². The van der Waals surface area contributed by atoms with E-state index in [1.165, 1.54) is 0 Å². The van der Waals surface area contributed by atoms with E-state index in [4.69, 9.17) is 0 Å². The standard InChI is InChI=1S/C13H12O2/c1-13-6-9(11(14)7-13)12(15)8-4-2-3-5-10(8)13/h2-5,9H,6-7H2,1H3.